The highest BCUT2D eigenvalue weighted by molar-refractivity contribution is 5.95. The van der Waals surface area contributed by atoms with Crippen LogP contribution in [0.1, 0.15) is 54.3 Å². The van der Waals surface area contributed by atoms with Crippen molar-refractivity contribution < 1.29 is 13.9 Å². The summed E-state index contributed by atoms with van der Waals surface area (Å²) in [5, 5.41) is 4.18. The molecule has 3 aromatic heterocycles. The molecule has 0 amide bonds. The predicted octanol–water partition coefficient (Wildman–Crippen LogP) is 2.48. The number of aromatic nitrogens is 4. The molecule has 2 N–H and O–H groups in total. The van der Waals surface area contributed by atoms with E-state index < -0.39 is 11.8 Å². The third-order valence-electron chi connectivity index (χ3n) is 5.06. The van der Waals surface area contributed by atoms with E-state index in [0.29, 0.717) is 28.3 Å². The van der Waals surface area contributed by atoms with Gasteiger partial charge in [-0.1, -0.05) is 5.92 Å². The SMILES string of the molecule is CCOC(=O)c1cnn2ccc(N3CCC[C@@H]3c3cc(F)cnc3C#C[C@H](C)N)nc12. The second-order valence-electron chi connectivity index (χ2n) is 7.33. The maximum Gasteiger partial charge on any atom is 0.343 e. The molecule has 9 heteroatoms. The minimum Gasteiger partial charge on any atom is -0.462 e. The fraction of sp³-hybridized carbons (Fsp3) is 0.364. The second-order valence-corrected chi connectivity index (χ2v) is 7.33. The molecule has 4 rings (SSSR count). The highest BCUT2D eigenvalue weighted by Crippen LogP contribution is 2.36. The van der Waals surface area contributed by atoms with Crippen LogP contribution in [0.15, 0.2) is 30.7 Å². The first-order valence-corrected chi connectivity index (χ1v) is 10.2. The zero-order valence-electron chi connectivity index (χ0n) is 17.4. The zero-order valence-corrected chi connectivity index (χ0v) is 17.4. The van der Waals surface area contributed by atoms with Crippen LogP contribution >= 0.6 is 0 Å². The number of hydrogen-bond donors (Lipinski definition) is 1. The Hall–Kier alpha value is -3.51. The van der Waals surface area contributed by atoms with E-state index in [4.69, 9.17) is 10.5 Å². The molecule has 0 bridgehead atoms. The Morgan fingerprint density at radius 2 is 2.29 bits per heavy atom. The number of fused-ring (bicyclic) bond motifs is 1. The first-order chi connectivity index (χ1) is 15.0. The number of esters is 1. The van der Waals surface area contributed by atoms with Gasteiger partial charge in [0, 0.05) is 18.3 Å². The molecular weight excluding hydrogens is 399 g/mol. The predicted molar refractivity (Wildman–Crippen MR) is 113 cm³/mol. The molecule has 0 spiro atoms. The number of pyridine rings is 1. The van der Waals surface area contributed by atoms with Gasteiger partial charge < -0.3 is 15.4 Å². The van der Waals surface area contributed by atoms with Gasteiger partial charge in [-0.3, -0.25) is 0 Å². The molecule has 0 aliphatic carbocycles. The van der Waals surface area contributed by atoms with E-state index in [0.717, 1.165) is 25.6 Å². The van der Waals surface area contributed by atoms with Crippen molar-refractivity contribution in [3.8, 4) is 11.8 Å². The van der Waals surface area contributed by atoms with Crippen LogP contribution in [0.4, 0.5) is 10.2 Å². The highest BCUT2D eigenvalue weighted by Gasteiger charge is 2.30. The summed E-state index contributed by atoms with van der Waals surface area (Å²) in [5.41, 5.74) is 7.68. The van der Waals surface area contributed by atoms with Gasteiger partial charge in [0.05, 0.1) is 31.1 Å². The van der Waals surface area contributed by atoms with Crippen molar-refractivity contribution >= 4 is 17.4 Å². The number of hydrogen-bond acceptors (Lipinski definition) is 7. The smallest absolute Gasteiger partial charge is 0.343 e. The summed E-state index contributed by atoms with van der Waals surface area (Å²) in [4.78, 5) is 23.2. The van der Waals surface area contributed by atoms with Gasteiger partial charge in [-0.2, -0.15) is 5.10 Å². The van der Waals surface area contributed by atoms with Gasteiger partial charge in [0.1, 0.15) is 22.9 Å². The molecule has 0 saturated carbocycles. The Labute approximate surface area is 179 Å². The monoisotopic (exact) mass is 422 g/mol. The van der Waals surface area contributed by atoms with E-state index in [-0.39, 0.29) is 18.7 Å². The first-order valence-electron chi connectivity index (χ1n) is 10.2. The molecular formula is C22H23FN6O2. The van der Waals surface area contributed by atoms with E-state index >= 15 is 0 Å². The lowest BCUT2D eigenvalue weighted by Gasteiger charge is -2.26. The molecule has 0 unspecified atom stereocenters. The average molecular weight is 422 g/mol. The zero-order chi connectivity index (χ0) is 22.0. The van der Waals surface area contributed by atoms with Gasteiger partial charge in [0.15, 0.2) is 5.65 Å². The number of halogens is 1. The Morgan fingerprint density at radius 3 is 3.06 bits per heavy atom. The summed E-state index contributed by atoms with van der Waals surface area (Å²) in [5.74, 6) is 5.65. The Bertz CT molecular complexity index is 1180. The van der Waals surface area contributed by atoms with Crippen molar-refractivity contribution in [2.24, 2.45) is 5.73 Å². The molecule has 1 aliphatic heterocycles. The van der Waals surface area contributed by atoms with E-state index in [1.165, 1.54) is 16.8 Å². The molecule has 0 radical (unpaired) electrons. The first kappa shape index (κ1) is 20.8. The fourth-order valence-electron chi connectivity index (χ4n) is 3.73. The number of nitrogens with zero attached hydrogens (tertiary/aromatic N) is 5. The van der Waals surface area contributed by atoms with Crippen LogP contribution in [0.2, 0.25) is 0 Å². The van der Waals surface area contributed by atoms with Gasteiger partial charge >= 0.3 is 5.97 Å². The normalized spacial score (nSPS) is 16.8. The highest BCUT2D eigenvalue weighted by atomic mass is 19.1. The molecule has 1 saturated heterocycles. The standard InChI is InChI=1S/C22H23FN6O2/c1-3-31-22(30)17-13-26-29-10-8-20(27-21(17)29)28-9-4-5-19(28)16-11-15(23)12-25-18(16)7-6-14(2)24/h8,10-14,19H,3-5,9,24H2,1-2H3/t14-,19+/m0/s1. The summed E-state index contributed by atoms with van der Waals surface area (Å²) >= 11 is 0. The molecule has 0 aromatic carbocycles. The van der Waals surface area contributed by atoms with Gasteiger partial charge in [0.25, 0.3) is 0 Å². The van der Waals surface area contributed by atoms with Crippen LogP contribution in [-0.4, -0.2) is 44.7 Å². The van der Waals surface area contributed by atoms with E-state index in [9.17, 15) is 9.18 Å². The summed E-state index contributed by atoms with van der Waals surface area (Å²) in [6.45, 7) is 4.52. The van der Waals surface area contributed by atoms with Crippen LogP contribution in [0.25, 0.3) is 5.65 Å². The molecule has 160 valence electrons. The minimum atomic E-state index is -0.470. The Morgan fingerprint density at radius 1 is 1.45 bits per heavy atom. The topological polar surface area (TPSA) is 98.6 Å². The van der Waals surface area contributed by atoms with Gasteiger partial charge in [-0.15, -0.1) is 0 Å². The quantitative estimate of drug-likeness (QED) is 0.509. The van der Waals surface area contributed by atoms with Crippen molar-refractivity contribution in [3.05, 3.63) is 53.4 Å². The van der Waals surface area contributed by atoms with Crippen LogP contribution < -0.4 is 10.6 Å². The van der Waals surface area contributed by atoms with E-state index in [1.807, 2.05) is 6.07 Å². The molecule has 3 aromatic rings. The average Bonchev–Trinajstić information content (AvgIpc) is 3.39. The molecule has 1 fully saturated rings. The Balaban J connectivity index is 1.74. The summed E-state index contributed by atoms with van der Waals surface area (Å²) in [6, 6.07) is 2.84. The molecule has 2 atom stereocenters. The van der Waals surface area contributed by atoms with Crippen LogP contribution in [-0.2, 0) is 4.74 Å². The van der Waals surface area contributed by atoms with Crippen molar-refractivity contribution in [1.29, 1.82) is 0 Å². The van der Waals surface area contributed by atoms with Crippen molar-refractivity contribution in [2.45, 2.75) is 38.8 Å². The molecule has 8 nitrogen and oxygen atoms in total. The lowest BCUT2D eigenvalue weighted by molar-refractivity contribution is 0.0528. The second kappa shape index (κ2) is 8.70. The number of ether oxygens (including phenoxy) is 1. The lowest BCUT2D eigenvalue weighted by Crippen LogP contribution is -2.25. The van der Waals surface area contributed by atoms with Gasteiger partial charge in [-0.25, -0.2) is 23.7 Å². The van der Waals surface area contributed by atoms with E-state index in [2.05, 4.69) is 31.8 Å². The largest absolute Gasteiger partial charge is 0.462 e. The van der Waals surface area contributed by atoms with Crippen molar-refractivity contribution in [2.75, 3.05) is 18.1 Å². The third-order valence-corrected chi connectivity index (χ3v) is 5.06. The lowest BCUT2D eigenvalue weighted by atomic mass is 10.0. The number of nitrogens with two attached hydrogens (primary N) is 1. The van der Waals surface area contributed by atoms with Crippen LogP contribution in [0.3, 0.4) is 0 Å². The number of rotatable bonds is 4. The summed E-state index contributed by atoms with van der Waals surface area (Å²) < 4.78 is 20.7. The van der Waals surface area contributed by atoms with Crippen molar-refractivity contribution in [3.63, 3.8) is 0 Å². The summed E-state index contributed by atoms with van der Waals surface area (Å²) in [6.07, 6.45) is 6.06. The number of carbonyl (C=O) groups excluding carboxylic acids is 1. The van der Waals surface area contributed by atoms with Gasteiger partial charge in [0.2, 0.25) is 0 Å². The fourth-order valence-corrected chi connectivity index (χ4v) is 3.73. The summed E-state index contributed by atoms with van der Waals surface area (Å²) in [7, 11) is 0. The molecule has 1 aliphatic rings. The molecule has 4 heterocycles. The maximum absolute atomic E-state index is 14.1. The number of carbonyl (C=O) groups is 1. The Kier molecular flexibility index (Phi) is 5.82. The third kappa shape index (κ3) is 4.20. The van der Waals surface area contributed by atoms with Crippen LogP contribution in [0, 0.1) is 17.7 Å². The minimum absolute atomic E-state index is 0.149. The van der Waals surface area contributed by atoms with E-state index in [1.54, 1.807) is 20.0 Å². The van der Waals surface area contributed by atoms with Crippen LogP contribution in [0.5, 0.6) is 0 Å². The maximum atomic E-state index is 14.1. The number of anilines is 1. The van der Waals surface area contributed by atoms with Crippen molar-refractivity contribution in [1.82, 2.24) is 19.6 Å². The van der Waals surface area contributed by atoms with Gasteiger partial charge in [-0.05, 0) is 44.7 Å². The molecule has 31 heavy (non-hydrogen) atoms.